The van der Waals surface area contributed by atoms with Crippen molar-refractivity contribution in [2.24, 2.45) is 4.99 Å². The molecule has 2 saturated heterocycles. The van der Waals surface area contributed by atoms with Crippen LogP contribution < -0.4 is 15.5 Å². The molecule has 2 aromatic rings. The third-order valence-corrected chi connectivity index (χ3v) is 6.15. The quantitative estimate of drug-likeness (QED) is 0.300. The molecule has 4 rings (SSSR count). The number of ether oxygens (including phenoxy) is 1. The van der Waals surface area contributed by atoms with Crippen molar-refractivity contribution in [1.82, 2.24) is 15.5 Å². The molecule has 2 heterocycles. The van der Waals surface area contributed by atoms with E-state index in [1.807, 2.05) is 24.3 Å². The van der Waals surface area contributed by atoms with E-state index in [4.69, 9.17) is 9.73 Å². The molecular formula is C26H36IN5O2. The molecule has 0 aliphatic carbocycles. The van der Waals surface area contributed by atoms with Crippen molar-refractivity contribution in [3.8, 4) is 0 Å². The number of anilines is 1. The number of nitrogens with one attached hydrogen (secondary N) is 2. The Labute approximate surface area is 220 Å². The van der Waals surface area contributed by atoms with E-state index in [1.54, 1.807) is 0 Å². The molecule has 0 aromatic heterocycles. The number of piperazine rings is 1. The van der Waals surface area contributed by atoms with Gasteiger partial charge in [0.15, 0.2) is 5.96 Å². The summed E-state index contributed by atoms with van der Waals surface area (Å²) in [4.78, 5) is 22.2. The molecule has 0 bridgehead atoms. The van der Waals surface area contributed by atoms with E-state index in [0.717, 1.165) is 63.7 Å². The predicted octanol–water partition coefficient (Wildman–Crippen LogP) is 3.50. The summed E-state index contributed by atoms with van der Waals surface area (Å²) in [6.45, 7) is 8.60. The number of amides is 1. The molecule has 2 N–H and O–H groups in total. The fourth-order valence-electron chi connectivity index (χ4n) is 4.33. The molecule has 184 valence electrons. The monoisotopic (exact) mass is 577 g/mol. The molecule has 0 radical (unpaired) electrons. The lowest BCUT2D eigenvalue weighted by molar-refractivity contribution is 0.0857. The number of benzene rings is 2. The van der Waals surface area contributed by atoms with Crippen LogP contribution >= 0.6 is 24.0 Å². The van der Waals surface area contributed by atoms with Crippen molar-refractivity contribution in [2.75, 3.05) is 50.8 Å². The second-order valence-electron chi connectivity index (χ2n) is 8.53. The highest BCUT2D eigenvalue weighted by Gasteiger charge is 2.20. The number of rotatable bonds is 7. The summed E-state index contributed by atoms with van der Waals surface area (Å²) in [6, 6.07) is 18.3. The van der Waals surface area contributed by atoms with Crippen molar-refractivity contribution in [3.05, 3.63) is 65.7 Å². The fraction of sp³-hybridized carbons (Fsp3) is 0.462. The Morgan fingerprint density at radius 3 is 2.56 bits per heavy atom. The van der Waals surface area contributed by atoms with Crippen LogP contribution in [0.2, 0.25) is 0 Å². The number of guanidine groups is 1. The Bertz CT molecular complexity index is 926. The maximum absolute atomic E-state index is 12.6. The molecule has 2 fully saturated rings. The Hall–Kier alpha value is -2.33. The standard InChI is InChI=1S/C26H35N5O2.HI/c1-2-27-26(31-15-13-30(14-16-31)23-10-4-3-5-11-23)29-19-21-8-6-9-22(18-21)25(32)28-20-24-12-7-17-33-24;/h3-6,8-11,18,24H,2,7,12-17,19-20H2,1H3,(H,27,29)(H,28,32);1H. The number of carbonyl (C=O) groups is 1. The second kappa shape index (κ2) is 13.5. The largest absolute Gasteiger partial charge is 0.376 e. The van der Waals surface area contributed by atoms with E-state index >= 15 is 0 Å². The molecular weight excluding hydrogens is 541 g/mol. The SMILES string of the molecule is CCNC(=NCc1cccc(C(=O)NCC2CCCO2)c1)N1CCN(c2ccccc2)CC1.I. The van der Waals surface area contributed by atoms with E-state index < -0.39 is 0 Å². The number of halogens is 1. The Kier molecular flexibility index (Phi) is 10.5. The van der Waals surface area contributed by atoms with E-state index in [1.165, 1.54) is 5.69 Å². The van der Waals surface area contributed by atoms with Gasteiger partial charge in [0.1, 0.15) is 0 Å². The summed E-state index contributed by atoms with van der Waals surface area (Å²) in [7, 11) is 0. The lowest BCUT2D eigenvalue weighted by Crippen LogP contribution is -2.52. The molecule has 1 atom stereocenters. The lowest BCUT2D eigenvalue weighted by atomic mass is 10.1. The van der Waals surface area contributed by atoms with Gasteiger partial charge in [-0.25, -0.2) is 4.99 Å². The van der Waals surface area contributed by atoms with Gasteiger partial charge in [0.05, 0.1) is 12.6 Å². The Morgan fingerprint density at radius 2 is 1.85 bits per heavy atom. The summed E-state index contributed by atoms with van der Waals surface area (Å²) in [5.41, 5.74) is 2.97. The van der Waals surface area contributed by atoms with Gasteiger partial charge in [0, 0.05) is 57.1 Å². The average Bonchev–Trinajstić information content (AvgIpc) is 3.40. The maximum Gasteiger partial charge on any atom is 0.251 e. The molecule has 1 amide bonds. The molecule has 7 nitrogen and oxygen atoms in total. The number of hydrogen-bond donors (Lipinski definition) is 2. The van der Waals surface area contributed by atoms with Gasteiger partial charge in [0.25, 0.3) is 5.91 Å². The van der Waals surface area contributed by atoms with E-state index in [9.17, 15) is 4.79 Å². The Morgan fingerprint density at radius 1 is 1.06 bits per heavy atom. The van der Waals surface area contributed by atoms with Gasteiger partial charge in [-0.1, -0.05) is 30.3 Å². The van der Waals surface area contributed by atoms with Gasteiger partial charge in [-0.3, -0.25) is 4.79 Å². The number of aliphatic imine (C=N–C) groups is 1. The van der Waals surface area contributed by atoms with Crippen molar-refractivity contribution in [1.29, 1.82) is 0 Å². The minimum absolute atomic E-state index is 0. The van der Waals surface area contributed by atoms with E-state index in [-0.39, 0.29) is 36.0 Å². The van der Waals surface area contributed by atoms with Crippen LogP contribution in [0.25, 0.3) is 0 Å². The fourth-order valence-corrected chi connectivity index (χ4v) is 4.33. The number of para-hydroxylation sites is 1. The van der Waals surface area contributed by atoms with Crippen LogP contribution in [0.15, 0.2) is 59.6 Å². The van der Waals surface area contributed by atoms with Gasteiger partial charge in [-0.05, 0) is 49.6 Å². The highest BCUT2D eigenvalue weighted by atomic mass is 127. The zero-order valence-corrected chi connectivity index (χ0v) is 22.2. The van der Waals surface area contributed by atoms with Gasteiger partial charge in [-0.15, -0.1) is 24.0 Å². The predicted molar refractivity (Wildman–Crippen MR) is 148 cm³/mol. The van der Waals surface area contributed by atoms with Crippen LogP contribution in [0.5, 0.6) is 0 Å². The summed E-state index contributed by atoms with van der Waals surface area (Å²) in [6.07, 6.45) is 2.23. The smallest absolute Gasteiger partial charge is 0.251 e. The van der Waals surface area contributed by atoms with Crippen LogP contribution in [-0.4, -0.2) is 68.7 Å². The lowest BCUT2D eigenvalue weighted by Gasteiger charge is -2.37. The van der Waals surface area contributed by atoms with Crippen LogP contribution in [0.1, 0.15) is 35.7 Å². The molecule has 8 heteroatoms. The van der Waals surface area contributed by atoms with Gasteiger partial charge in [0.2, 0.25) is 0 Å². The minimum Gasteiger partial charge on any atom is -0.376 e. The molecule has 2 aliphatic heterocycles. The molecule has 0 spiro atoms. The highest BCUT2D eigenvalue weighted by Crippen LogP contribution is 2.16. The Balaban J connectivity index is 0.00000324. The third kappa shape index (κ3) is 7.33. The van der Waals surface area contributed by atoms with Crippen molar-refractivity contribution in [3.63, 3.8) is 0 Å². The van der Waals surface area contributed by atoms with E-state index in [0.29, 0.717) is 18.7 Å². The normalized spacial score (nSPS) is 18.4. The molecule has 34 heavy (non-hydrogen) atoms. The summed E-state index contributed by atoms with van der Waals surface area (Å²) in [5.74, 6) is 0.874. The van der Waals surface area contributed by atoms with Crippen LogP contribution in [-0.2, 0) is 11.3 Å². The van der Waals surface area contributed by atoms with Gasteiger partial charge < -0.3 is 25.2 Å². The minimum atomic E-state index is -0.0553. The molecule has 0 saturated carbocycles. The zero-order valence-electron chi connectivity index (χ0n) is 19.9. The number of carbonyl (C=O) groups excluding carboxylic acids is 1. The first-order valence-corrected chi connectivity index (χ1v) is 12.0. The topological polar surface area (TPSA) is 69.2 Å². The summed E-state index contributed by atoms with van der Waals surface area (Å²) >= 11 is 0. The number of hydrogen-bond acceptors (Lipinski definition) is 4. The maximum atomic E-state index is 12.6. The summed E-state index contributed by atoms with van der Waals surface area (Å²) in [5, 5.41) is 6.43. The molecule has 1 unspecified atom stereocenters. The van der Waals surface area contributed by atoms with E-state index in [2.05, 4.69) is 57.7 Å². The zero-order chi connectivity index (χ0) is 22.9. The average molecular weight is 578 g/mol. The molecule has 2 aliphatic rings. The van der Waals surface area contributed by atoms with Crippen LogP contribution in [0.3, 0.4) is 0 Å². The first kappa shape index (κ1) is 26.3. The second-order valence-corrected chi connectivity index (χ2v) is 8.53. The first-order valence-electron chi connectivity index (χ1n) is 12.0. The third-order valence-electron chi connectivity index (χ3n) is 6.15. The summed E-state index contributed by atoms with van der Waals surface area (Å²) < 4.78 is 5.59. The van der Waals surface area contributed by atoms with Gasteiger partial charge >= 0.3 is 0 Å². The molecule has 2 aromatic carbocycles. The number of nitrogens with zero attached hydrogens (tertiary/aromatic N) is 3. The van der Waals surface area contributed by atoms with Crippen LogP contribution in [0.4, 0.5) is 5.69 Å². The van der Waals surface area contributed by atoms with Crippen LogP contribution in [0, 0.1) is 0 Å². The van der Waals surface area contributed by atoms with Crippen molar-refractivity contribution < 1.29 is 9.53 Å². The highest BCUT2D eigenvalue weighted by molar-refractivity contribution is 14.0. The first-order chi connectivity index (χ1) is 16.2. The van der Waals surface area contributed by atoms with Crippen molar-refractivity contribution >= 4 is 41.5 Å². The van der Waals surface area contributed by atoms with Gasteiger partial charge in [-0.2, -0.15) is 0 Å². The van der Waals surface area contributed by atoms with Crippen molar-refractivity contribution in [2.45, 2.75) is 32.4 Å².